The number of hydrogen-bond acceptors (Lipinski definition) is 2. The zero-order chi connectivity index (χ0) is 10.7. The second-order valence-corrected chi connectivity index (χ2v) is 3.10. The zero-order valence-electron chi connectivity index (χ0n) is 8.32. The number of rotatable bonds is 2. The van der Waals surface area contributed by atoms with Gasteiger partial charge in [0.25, 0.3) is 5.91 Å². The van der Waals surface area contributed by atoms with Gasteiger partial charge in [0.1, 0.15) is 5.69 Å². The topological polar surface area (TPSA) is 57.8 Å². The van der Waals surface area contributed by atoms with Crippen LogP contribution in [0.5, 0.6) is 0 Å². The molecule has 0 aliphatic heterocycles. The summed E-state index contributed by atoms with van der Waals surface area (Å²) >= 11 is 0. The summed E-state index contributed by atoms with van der Waals surface area (Å²) in [5.74, 6) is -0.161. The minimum atomic E-state index is -0.161. The predicted molar refractivity (Wildman–Crippen MR) is 57.4 cm³/mol. The lowest BCUT2D eigenvalue weighted by molar-refractivity contribution is 0.0959. The molecule has 0 unspecified atom stereocenters. The van der Waals surface area contributed by atoms with Gasteiger partial charge in [-0.1, -0.05) is 30.3 Å². The van der Waals surface area contributed by atoms with Crippen LogP contribution in [-0.2, 0) is 0 Å². The van der Waals surface area contributed by atoms with E-state index in [-0.39, 0.29) is 5.91 Å². The number of carbonyl (C=O) groups excluding carboxylic acids is 1. The van der Waals surface area contributed by atoms with Crippen molar-refractivity contribution in [2.24, 2.45) is 0 Å². The van der Waals surface area contributed by atoms with E-state index in [2.05, 4.69) is 15.5 Å². The van der Waals surface area contributed by atoms with E-state index in [0.29, 0.717) is 5.69 Å². The highest BCUT2D eigenvalue weighted by Crippen LogP contribution is 2.20. The average molecular weight is 201 g/mol. The number of aromatic nitrogens is 2. The van der Waals surface area contributed by atoms with E-state index < -0.39 is 0 Å². The van der Waals surface area contributed by atoms with Crippen molar-refractivity contribution < 1.29 is 4.79 Å². The first-order valence-corrected chi connectivity index (χ1v) is 4.64. The summed E-state index contributed by atoms with van der Waals surface area (Å²) in [6.45, 7) is 0. The molecule has 4 nitrogen and oxygen atoms in total. The van der Waals surface area contributed by atoms with Crippen molar-refractivity contribution in [2.75, 3.05) is 7.05 Å². The first-order valence-electron chi connectivity index (χ1n) is 4.64. The maximum Gasteiger partial charge on any atom is 0.269 e. The molecule has 2 aromatic rings. The van der Waals surface area contributed by atoms with Crippen LogP contribution in [-0.4, -0.2) is 23.2 Å². The molecule has 1 aromatic carbocycles. The second-order valence-electron chi connectivity index (χ2n) is 3.10. The lowest BCUT2D eigenvalue weighted by atomic mass is 10.1. The number of hydrogen-bond donors (Lipinski definition) is 2. The van der Waals surface area contributed by atoms with E-state index in [1.54, 1.807) is 13.2 Å². The molecule has 0 atom stereocenters. The monoisotopic (exact) mass is 201 g/mol. The van der Waals surface area contributed by atoms with E-state index in [4.69, 9.17) is 0 Å². The summed E-state index contributed by atoms with van der Waals surface area (Å²) in [7, 11) is 1.60. The molecular weight excluding hydrogens is 190 g/mol. The maximum atomic E-state index is 11.5. The minimum absolute atomic E-state index is 0.161. The van der Waals surface area contributed by atoms with Gasteiger partial charge in [-0.2, -0.15) is 5.10 Å². The highest BCUT2D eigenvalue weighted by atomic mass is 16.1. The van der Waals surface area contributed by atoms with Crippen LogP contribution in [0.3, 0.4) is 0 Å². The zero-order valence-corrected chi connectivity index (χ0v) is 8.32. The normalized spacial score (nSPS) is 9.93. The van der Waals surface area contributed by atoms with Crippen LogP contribution in [0.4, 0.5) is 0 Å². The molecule has 0 fully saturated rings. The van der Waals surface area contributed by atoms with Gasteiger partial charge in [0, 0.05) is 12.6 Å². The van der Waals surface area contributed by atoms with Crippen LogP contribution in [0.25, 0.3) is 11.1 Å². The Bertz CT molecular complexity index is 462. The summed E-state index contributed by atoms with van der Waals surface area (Å²) in [6.07, 6.45) is 1.65. The van der Waals surface area contributed by atoms with Crippen molar-refractivity contribution in [3.63, 3.8) is 0 Å². The van der Waals surface area contributed by atoms with E-state index in [1.807, 2.05) is 30.3 Å². The second kappa shape index (κ2) is 3.96. The van der Waals surface area contributed by atoms with E-state index in [0.717, 1.165) is 11.1 Å². The van der Waals surface area contributed by atoms with Crippen molar-refractivity contribution in [1.82, 2.24) is 15.5 Å². The predicted octanol–water partition coefficient (Wildman–Crippen LogP) is 1.44. The van der Waals surface area contributed by atoms with Gasteiger partial charge in [0.15, 0.2) is 0 Å². The van der Waals surface area contributed by atoms with Crippen LogP contribution >= 0.6 is 0 Å². The summed E-state index contributed by atoms with van der Waals surface area (Å²) in [4.78, 5) is 11.5. The van der Waals surface area contributed by atoms with Crippen molar-refractivity contribution in [3.8, 4) is 11.1 Å². The molecule has 1 amide bonds. The van der Waals surface area contributed by atoms with Crippen LogP contribution in [0, 0.1) is 0 Å². The molecule has 4 heteroatoms. The van der Waals surface area contributed by atoms with Crippen LogP contribution in [0.2, 0.25) is 0 Å². The van der Waals surface area contributed by atoms with Gasteiger partial charge in [-0.05, 0) is 5.56 Å². The van der Waals surface area contributed by atoms with Gasteiger partial charge in [0.2, 0.25) is 0 Å². The first-order chi connectivity index (χ1) is 7.33. The van der Waals surface area contributed by atoms with E-state index in [1.165, 1.54) is 0 Å². The Balaban J connectivity index is 2.46. The Morgan fingerprint density at radius 3 is 2.73 bits per heavy atom. The minimum Gasteiger partial charge on any atom is -0.354 e. The Morgan fingerprint density at radius 1 is 1.33 bits per heavy atom. The van der Waals surface area contributed by atoms with Crippen molar-refractivity contribution in [2.45, 2.75) is 0 Å². The molecule has 0 radical (unpaired) electrons. The van der Waals surface area contributed by atoms with Crippen LogP contribution in [0.1, 0.15) is 10.5 Å². The Morgan fingerprint density at radius 2 is 2.07 bits per heavy atom. The maximum absolute atomic E-state index is 11.5. The summed E-state index contributed by atoms with van der Waals surface area (Å²) in [5.41, 5.74) is 2.28. The summed E-state index contributed by atoms with van der Waals surface area (Å²) < 4.78 is 0. The number of nitrogens with one attached hydrogen (secondary N) is 2. The van der Waals surface area contributed by atoms with Gasteiger partial charge in [-0.25, -0.2) is 0 Å². The molecule has 1 aromatic heterocycles. The number of carbonyl (C=O) groups is 1. The quantitative estimate of drug-likeness (QED) is 0.772. The highest BCUT2D eigenvalue weighted by molar-refractivity contribution is 5.98. The standard InChI is InChI=1S/C11H11N3O/c1-12-11(15)10-9(7-13-14-10)8-5-3-2-4-6-8/h2-7H,1H3,(H,12,15)(H,13,14). The third-order valence-corrected chi connectivity index (χ3v) is 2.18. The summed E-state index contributed by atoms with van der Waals surface area (Å²) in [5, 5.41) is 9.14. The first kappa shape index (κ1) is 9.45. The third-order valence-electron chi connectivity index (χ3n) is 2.18. The van der Waals surface area contributed by atoms with Gasteiger partial charge < -0.3 is 5.32 Å². The Hall–Kier alpha value is -2.10. The molecule has 76 valence electrons. The largest absolute Gasteiger partial charge is 0.354 e. The lowest BCUT2D eigenvalue weighted by Gasteiger charge is -2.01. The Labute approximate surface area is 87.3 Å². The van der Waals surface area contributed by atoms with Crippen molar-refractivity contribution in [3.05, 3.63) is 42.2 Å². The smallest absolute Gasteiger partial charge is 0.269 e. The molecule has 0 aliphatic carbocycles. The molecule has 1 heterocycles. The SMILES string of the molecule is CNC(=O)c1[nH]ncc1-c1ccccc1. The van der Waals surface area contributed by atoms with Crippen LogP contribution < -0.4 is 5.32 Å². The molecule has 0 saturated heterocycles. The fourth-order valence-electron chi connectivity index (χ4n) is 1.42. The van der Waals surface area contributed by atoms with Gasteiger partial charge in [-0.15, -0.1) is 0 Å². The van der Waals surface area contributed by atoms with E-state index in [9.17, 15) is 4.79 Å². The number of amides is 1. The fraction of sp³-hybridized carbons (Fsp3) is 0.0909. The average Bonchev–Trinajstić information content (AvgIpc) is 2.78. The molecule has 2 N–H and O–H groups in total. The fourth-order valence-corrected chi connectivity index (χ4v) is 1.42. The molecule has 0 bridgehead atoms. The van der Waals surface area contributed by atoms with Gasteiger partial charge >= 0.3 is 0 Å². The number of H-pyrrole nitrogens is 1. The van der Waals surface area contributed by atoms with Crippen molar-refractivity contribution >= 4 is 5.91 Å². The molecule has 2 rings (SSSR count). The number of benzene rings is 1. The number of nitrogens with zero attached hydrogens (tertiary/aromatic N) is 1. The highest BCUT2D eigenvalue weighted by Gasteiger charge is 2.12. The van der Waals surface area contributed by atoms with Crippen molar-refractivity contribution in [1.29, 1.82) is 0 Å². The molecule has 0 saturated carbocycles. The Kier molecular flexibility index (Phi) is 2.49. The lowest BCUT2D eigenvalue weighted by Crippen LogP contribution is -2.19. The number of aromatic amines is 1. The molecule has 0 aliphatic rings. The van der Waals surface area contributed by atoms with Gasteiger partial charge in [0.05, 0.1) is 6.20 Å². The van der Waals surface area contributed by atoms with Crippen LogP contribution in [0.15, 0.2) is 36.5 Å². The summed E-state index contributed by atoms with van der Waals surface area (Å²) in [6, 6.07) is 9.67. The van der Waals surface area contributed by atoms with E-state index >= 15 is 0 Å². The molecular formula is C11H11N3O. The van der Waals surface area contributed by atoms with Gasteiger partial charge in [-0.3, -0.25) is 9.89 Å². The third kappa shape index (κ3) is 1.74. The molecule has 15 heavy (non-hydrogen) atoms. The molecule has 0 spiro atoms.